The van der Waals surface area contributed by atoms with Crippen molar-refractivity contribution in [2.24, 2.45) is 0 Å². The maximum absolute atomic E-state index is 12.0. The molecule has 0 unspecified atom stereocenters. The number of anilines is 2. The Bertz CT molecular complexity index is 757. The van der Waals surface area contributed by atoms with Crippen LogP contribution in [-0.4, -0.2) is 38.5 Å². The summed E-state index contributed by atoms with van der Waals surface area (Å²) in [6.45, 7) is 0. The summed E-state index contributed by atoms with van der Waals surface area (Å²) in [7, 11) is 3.38. The van der Waals surface area contributed by atoms with Gasteiger partial charge in [-0.2, -0.15) is 0 Å². The van der Waals surface area contributed by atoms with Gasteiger partial charge < -0.3 is 19.4 Å². The first-order valence-electron chi connectivity index (χ1n) is 9.08. The van der Waals surface area contributed by atoms with Gasteiger partial charge in [-0.25, -0.2) is 0 Å². The van der Waals surface area contributed by atoms with Crippen LogP contribution in [-0.2, 0) is 19.2 Å². The van der Waals surface area contributed by atoms with Crippen LogP contribution < -0.4 is 9.80 Å². The zero-order valence-corrected chi connectivity index (χ0v) is 16.1. The minimum Gasteiger partial charge on any atom is -0.315 e. The lowest BCUT2D eigenvalue weighted by molar-refractivity contribution is -0.120. The number of benzene rings is 2. The summed E-state index contributed by atoms with van der Waals surface area (Å²) in [5, 5.41) is 0. The van der Waals surface area contributed by atoms with E-state index in [2.05, 4.69) is 0 Å². The molecule has 0 radical (unpaired) electrons. The van der Waals surface area contributed by atoms with Crippen LogP contribution in [0.1, 0.15) is 25.7 Å². The summed E-state index contributed by atoms with van der Waals surface area (Å²) in [5.74, 6) is -0.210. The zero-order valence-electron chi connectivity index (χ0n) is 16.1. The number of aldehydes is 2. The second kappa shape index (κ2) is 10.2. The second-order valence-electron chi connectivity index (χ2n) is 6.41. The molecule has 28 heavy (non-hydrogen) atoms. The van der Waals surface area contributed by atoms with Crippen molar-refractivity contribution in [3.8, 4) is 11.1 Å². The van der Waals surface area contributed by atoms with Gasteiger partial charge in [-0.3, -0.25) is 9.59 Å². The molecular formula is C22H24N2O4. The Morgan fingerprint density at radius 2 is 1.00 bits per heavy atom. The fourth-order valence-electron chi connectivity index (χ4n) is 2.74. The average molecular weight is 380 g/mol. The Morgan fingerprint density at radius 1 is 0.679 bits per heavy atom. The van der Waals surface area contributed by atoms with E-state index >= 15 is 0 Å². The lowest BCUT2D eigenvalue weighted by Gasteiger charge is -2.18. The van der Waals surface area contributed by atoms with Crippen molar-refractivity contribution < 1.29 is 19.2 Å². The molecule has 0 bridgehead atoms. The Morgan fingerprint density at radius 3 is 1.29 bits per heavy atom. The van der Waals surface area contributed by atoms with Crippen LogP contribution in [0.15, 0.2) is 48.5 Å². The smallest absolute Gasteiger partial charge is 0.227 e. The highest BCUT2D eigenvalue weighted by Gasteiger charge is 2.12. The molecule has 6 nitrogen and oxygen atoms in total. The molecule has 0 heterocycles. The summed E-state index contributed by atoms with van der Waals surface area (Å²) >= 11 is 0. The zero-order chi connectivity index (χ0) is 20.5. The van der Waals surface area contributed by atoms with Gasteiger partial charge in [-0.05, 0) is 35.4 Å². The molecule has 2 aromatic rings. The Labute approximate surface area is 164 Å². The van der Waals surface area contributed by atoms with E-state index in [0.717, 1.165) is 35.1 Å². The molecule has 0 saturated carbocycles. The minimum absolute atomic E-state index is 0.105. The number of rotatable bonds is 9. The molecule has 0 N–H and O–H groups in total. The standard InChI is InChI=1S/C22H24N2O4/c1-23(21(27)5-3-15-25)19-11-7-17(8-12-19)18-9-13-20(14-10-18)24(2)22(28)6-4-16-26/h7-16H,3-6H2,1-2H3. The van der Waals surface area contributed by atoms with Crippen molar-refractivity contribution >= 4 is 35.8 Å². The number of nitrogens with zero attached hydrogens (tertiary/aromatic N) is 2. The lowest BCUT2D eigenvalue weighted by atomic mass is 10.0. The number of hydrogen-bond acceptors (Lipinski definition) is 4. The highest BCUT2D eigenvalue weighted by molar-refractivity contribution is 5.94. The first-order valence-corrected chi connectivity index (χ1v) is 9.08. The maximum atomic E-state index is 12.0. The van der Waals surface area contributed by atoms with Crippen molar-refractivity contribution in [3.63, 3.8) is 0 Å². The van der Waals surface area contributed by atoms with Gasteiger partial charge in [0.25, 0.3) is 0 Å². The first kappa shape index (κ1) is 21.0. The molecule has 0 aliphatic carbocycles. The summed E-state index contributed by atoms with van der Waals surface area (Å²) in [6.07, 6.45) is 2.32. The third kappa shape index (κ3) is 5.36. The first-order chi connectivity index (χ1) is 13.5. The topological polar surface area (TPSA) is 74.8 Å². The average Bonchev–Trinajstić information content (AvgIpc) is 2.74. The van der Waals surface area contributed by atoms with Crippen LogP contribution in [0.5, 0.6) is 0 Å². The molecule has 2 rings (SSSR count). The molecule has 0 aliphatic rings. The minimum atomic E-state index is -0.105. The van der Waals surface area contributed by atoms with Gasteiger partial charge in [0.05, 0.1) is 0 Å². The molecule has 0 aliphatic heterocycles. The summed E-state index contributed by atoms with van der Waals surface area (Å²) in [6, 6.07) is 15.1. The second-order valence-corrected chi connectivity index (χ2v) is 6.41. The highest BCUT2D eigenvalue weighted by atomic mass is 16.2. The van der Waals surface area contributed by atoms with Crippen LogP contribution in [0, 0.1) is 0 Å². The molecule has 0 spiro atoms. The molecule has 0 fully saturated rings. The van der Waals surface area contributed by atoms with Gasteiger partial charge in [0.1, 0.15) is 12.6 Å². The summed E-state index contributed by atoms with van der Waals surface area (Å²) < 4.78 is 0. The normalized spacial score (nSPS) is 10.2. The van der Waals surface area contributed by atoms with E-state index in [1.54, 1.807) is 14.1 Å². The fraction of sp³-hybridized carbons (Fsp3) is 0.273. The van der Waals surface area contributed by atoms with Gasteiger partial charge in [0.15, 0.2) is 0 Å². The molecule has 2 aromatic carbocycles. The van der Waals surface area contributed by atoms with Crippen molar-refractivity contribution in [3.05, 3.63) is 48.5 Å². The van der Waals surface area contributed by atoms with Crippen LogP contribution in [0.2, 0.25) is 0 Å². The quantitative estimate of drug-likeness (QED) is 0.626. The van der Waals surface area contributed by atoms with Crippen molar-refractivity contribution in [2.45, 2.75) is 25.7 Å². The number of amides is 2. The molecule has 0 atom stereocenters. The van der Waals surface area contributed by atoms with Crippen molar-refractivity contribution in [2.75, 3.05) is 23.9 Å². The fourth-order valence-corrected chi connectivity index (χ4v) is 2.74. The van der Waals surface area contributed by atoms with Gasteiger partial charge in [-0.1, -0.05) is 24.3 Å². The molecular weight excluding hydrogens is 356 g/mol. The number of carbonyl (C=O) groups excluding carboxylic acids is 4. The third-order valence-electron chi connectivity index (χ3n) is 4.54. The van der Waals surface area contributed by atoms with E-state index in [1.807, 2.05) is 48.5 Å². The molecule has 0 saturated heterocycles. The van der Waals surface area contributed by atoms with E-state index < -0.39 is 0 Å². The van der Waals surface area contributed by atoms with E-state index in [-0.39, 0.29) is 37.5 Å². The largest absolute Gasteiger partial charge is 0.315 e. The van der Waals surface area contributed by atoms with Crippen molar-refractivity contribution in [1.29, 1.82) is 0 Å². The SMILES string of the molecule is CN(C(=O)CCC=O)c1ccc(-c2ccc(N(C)C(=O)CCC=O)cc2)cc1. The van der Waals surface area contributed by atoms with Crippen LogP contribution >= 0.6 is 0 Å². The summed E-state index contributed by atoms with van der Waals surface area (Å²) in [5.41, 5.74) is 3.49. The number of carbonyl (C=O) groups is 4. The van der Waals surface area contributed by atoms with E-state index in [4.69, 9.17) is 0 Å². The third-order valence-corrected chi connectivity index (χ3v) is 4.54. The van der Waals surface area contributed by atoms with Crippen LogP contribution in [0.4, 0.5) is 11.4 Å². The monoisotopic (exact) mass is 380 g/mol. The van der Waals surface area contributed by atoms with E-state index in [1.165, 1.54) is 9.80 Å². The molecule has 0 aromatic heterocycles. The highest BCUT2D eigenvalue weighted by Crippen LogP contribution is 2.25. The van der Waals surface area contributed by atoms with Gasteiger partial charge in [0.2, 0.25) is 11.8 Å². The Hall–Kier alpha value is -3.28. The van der Waals surface area contributed by atoms with Crippen LogP contribution in [0.25, 0.3) is 11.1 Å². The molecule has 6 heteroatoms. The van der Waals surface area contributed by atoms with Crippen molar-refractivity contribution in [1.82, 2.24) is 0 Å². The predicted molar refractivity (Wildman–Crippen MR) is 109 cm³/mol. The number of hydrogen-bond donors (Lipinski definition) is 0. The predicted octanol–water partition coefficient (Wildman–Crippen LogP) is 3.24. The Balaban J connectivity index is 2.07. The lowest BCUT2D eigenvalue weighted by Crippen LogP contribution is -2.25. The van der Waals surface area contributed by atoms with Crippen LogP contribution in [0.3, 0.4) is 0 Å². The van der Waals surface area contributed by atoms with Gasteiger partial charge in [-0.15, -0.1) is 0 Å². The molecule has 2 amide bonds. The van der Waals surface area contributed by atoms with E-state index in [0.29, 0.717) is 0 Å². The Kier molecular flexibility index (Phi) is 7.63. The van der Waals surface area contributed by atoms with Gasteiger partial charge in [0, 0.05) is 51.2 Å². The van der Waals surface area contributed by atoms with Gasteiger partial charge >= 0.3 is 0 Å². The molecule has 146 valence electrons. The maximum Gasteiger partial charge on any atom is 0.227 e. The van der Waals surface area contributed by atoms with E-state index in [9.17, 15) is 19.2 Å². The summed E-state index contributed by atoms with van der Waals surface area (Å²) in [4.78, 5) is 47.9.